The van der Waals surface area contributed by atoms with Crippen molar-refractivity contribution in [1.82, 2.24) is 0 Å². The van der Waals surface area contributed by atoms with E-state index in [0.717, 1.165) is 0 Å². The van der Waals surface area contributed by atoms with Gasteiger partial charge in [-0.2, -0.15) is 0 Å². The summed E-state index contributed by atoms with van der Waals surface area (Å²) < 4.78 is 10.9. The van der Waals surface area contributed by atoms with Gasteiger partial charge in [0.25, 0.3) is 0 Å². The molecular formula is C16H30O8. The summed E-state index contributed by atoms with van der Waals surface area (Å²) in [5.41, 5.74) is -2.47. The van der Waals surface area contributed by atoms with Crippen LogP contribution in [0.5, 0.6) is 0 Å². The van der Waals surface area contributed by atoms with Crippen molar-refractivity contribution in [3.8, 4) is 0 Å². The van der Waals surface area contributed by atoms with Crippen molar-refractivity contribution >= 4 is 0 Å². The topological polar surface area (TPSA) is 140 Å². The molecule has 0 aromatic rings. The van der Waals surface area contributed by atoms with Crippen molar-refractivity contribution in [3.63, 3.8) is 0 Å². The summed E-state index contributed by atoms with van der Waals surface area (Å²) in [5, 5.41) is 59.1. The van der Waals surface area contributed by atoms with Crippen LogP contribution in [-0.4, -0.2) is 85.3 Å². The van der Waals surface area contributed by atoms with Crippen molar-refractivity contribution in [2.24, 2.45) is 0 Å². The predicted molar refractivity (Wildman–Crippen MR) is 85.0 cm³/mol. The number of aliphatic hydroxyl groups is 6. The molecule has 0 amide bonds. The summed E-state index contributed by atoms with van der Waals surface area (Å²) in [4.78, 5) is 0. The molecule has 1 heterocycles. The second-order valence-corrected chi connectivity index (χ2v) is 7.08. The molecule has 0 spiro atoms. The van der Waals surface area contributed by atoms with E-state index in [0.29, 0.717) is 0 Å². The van der Waals surface area contributed by atoms with E-state index in [4.69, 9.17) is 9.47 Å². The SMILES string of the molecule is C=CC(C)(O)CCC(OC1OC(CO)C(O)C(O)C1O)C(C)(C)O. The van der Waals surface area contributed by atoms with Crippen molar-refractivity contribution < 1.29 is 40.1 Å². The van der Waals surface area contributed by atoms with Gasteiger partial charge in [0.05, 0.1) is 23.9 Å². The Morgan fingerprint density at radius 3 is 2.17 bits per heavy atom. The van der Waals surface area contributed by atoms with Gasteiger partial charge in [0, 0.05) is 0 Å². The highest BCUT2D eigenvalue weighted by Gasteiger charge is 2.46. The Hall–Kier alpha value is -0.580. The highest BCUT2D eigenvalue weighted by Crippen LogP contribution is 2.28. The molecule has 0 aliphatic carbocycles. The molecule has 8 nitrogen and oxygen atoms in total. The van der Waals surface area contributed by atoms with Gasteiger partial charge in [0.15, 0.2) is 6.29 Å². The second-order valence-electron chi connectivity index (χ2n) is 7.08. The fourth-order valence-corrected chi connectivity index (χ4v) is 2.45. The van der Waals surface area contributed by atoms with Gasteiger partial charge in [-0.15, -0.1) is 6.58 Å². The molecule has 0 bridgehead atoms. The van der Waals surface area contributed by atoms with Gasteiger partial charge in [-0.05, 0) is 33.6 Å². The molecule has 0 aromatic carbocycles. The average molecular weight is 350 g/mol. The third-order valence-corrected chi connectivity index (χ3v) is 4.29. The molecule has 0 radical (unpaired) electrons. The van der Waals surface area contributed by atoms with Crippen LogP contribution in [0.25, 0.3) is 0 Å². The first-order valence-electron chi connectivity index (χ1n) is 7.97. The van der Waals surface area contributed by atoms with Crippen LogP contribution in [0.2, 0.25) is 0 Å². The van der Waals surface area contributed by atoms with E-state index in [1.165, 1.54) is 19.9 Å². The Morgan fingerprint density at radius 1 is 1.12 bits per heavy atom. The van der Waals surface area contributed by atoms with Crippen LogP contribution >= 0.6 is 0 Å². The molecule has 142 valence electrons. The van der Waals surface area contributed by atoms with Gasteiger partial charge < -0.3 is 40.1 Å². The molecule has 6 N–H and O–H groups in total. The minimum Gasteiger partial charge on any atom is -0.394 e. The zero-order valence-corrected chi connectivity index (χ0v) is 14.4. The lowest BCUT2D eigenvalue weighted by Crippen LogP contribution is -2.60. The van der Waals surface area contributed by atoms with E-state index >= 15 is 0 Å². The first-order valence-corrected chi connectivity index (χ1v) is 7.97. The Labute approximate surface area is 142 Å². The maximum absolute atomic E-state index is 10.3. The highest BCUT2D eigenvalue weighted by molar-refractivity contribution is 4.94. The molecule has 0 saturated carbocycles. The smallest absolute Gasteiger partial charge is 0.187 e. The third kappa shape index (κ3) is 5.47. The summed E-state index contributed by atoms with van der Waals surface area (Å²) >= 11 is 0. The zero-order valence-electron chi connectivity index (χ0n) is 14.4. The van der Waals surface area contributed by atoms with E-state index in [1.807, 2.05) is 0 Å². The summed E-state index contributed by atoms with van der Waals surface area (Å²) in [6.45, 7) is 7.54. The lowest BCUT2D eigenvalue weighted by atomic mass is 9.91. The number of hydrogen-bond acceptors (Lipinski definition) is 8. The fraction of sp³-hybridized carbons (Fsp3) is 0.875. The normalized spacial score (nSPS) is 35.3. The van der Waals surface area contributed by atoms with Crippen molar-refractivity contribution in [3.05, 3.63) is 12.7 Å². The van der Waals surface area contributed by atoms with Crippen LogP contribution in [-0.2, 0) is 9.47 Å². The van der Waals surface area contributed by atoms with E-state index in [1.54, 1.807) is 6.92 Å². The summed E-state index contributed by atoms with van der Waals surface area (Å²) in [7, 11) is 0. The number of ether oxygens (including phenoxy) is 2. The Kier molecular flexibility index (Phi) is 7.33. The second kappa shape index (κ2) is 8.20. The van der Waals surface area contributed by atoms with Crippen LogP contribution in [0, 0.1) is 0 Å². The molecule has 24 heavy (non-hydrogen) atoms. The Balaban J connectivity index is 2.83. The summed E-state index contributed by atoms with van der Waals surface area (Å²) in [6.07, 6.45) is -6.02. The van der Waals surface area contributed by atoms with Crippen LogP contribution in [0.1, 0.15) is 33.6 Å². The molecular weight excluding hydrogens is 320 g/mol. The van der Waals surface area contributed by atoms with Crippen molar-refractivity contribution in [1.29, 1.82) is 0 Å². The largest absolute Gasteiger partial charge is 0.394 e. The minimum atomic E-state index is -1.56. The van der Waals surface area contributed by atoms with Crippen molar-refractivity contribution in [2.75, 3.05) is 6.61 Å². The predicted octanol–water partition coefficient (Wildman–Crippen LogP) is -1.34. The van der Waals surface area contributed by atoms with E-state index in [-0.39, 0.29) is 12.8 Å². The first kappa shape index (κ1) is 21.5. The molecule has 1 saturated heterocycles. The molecule has 1 rings (SSSR count). The molecule has 1 aliphatic rings. The Morgan fingerprint density at radius 2 is 1.71 bits per heavy atom. The summed E-state index contributed by atoms with van der Waals surface area (Å²) in [5.74, 6) is 0. The van der Waals surface area contributed by atoms with Gasteiger partial charge in [0.1, 0.15) is 24.4 Å². The first-order chi connectivity index (χ1) is 10.9. The van der Waals surface area contributed by atoms with E-state index in [9.17, 15) is 30.6 Å². The van der Waals surface area contributed by atoms with Crippen LogP contribution in [0.3, 0.4) is 0 Å². The van der Waals surface area contributed by atoms with E-state index in [2.05, 4.69) is 6.58 Å². The monoisotopic (exact) mass is 350 g/mol. The van der Waals surface area contributed by atoms with Gasteiger partial charge >= 0.3 is 0 Å². The maximum atomic E-state index is 10.3. The number of rotatable bonds is 8. The van der Waals surface area contributed by atoms with Gasteiger partial charge in [-0.1, -0.05) is 6.08 Å². The lowest BCUT2D eigenvalue weighted by Gasteiger charge is -2.42. The zero-order chi connectivity index (χ0) is 18.7. The van der Waals surface area contributed by atoms with Crippen LogP contribution in [0.4, 0.5) is 0 Å². The lowest BCUT2D eigenvalue weighted by molar-refractivity contribution is -0.322. The van der Waals surface area contributed by atoms with Gasteiger partial charge in [-0.25, -0.2) is 0 Å². The van der Waals surface area contributed by atoms with Gasteiger partial charge in [0.2, 0.25) is 0 Å². The standard InChI is InChI=1S/C16H30O8/c1-5-16(4,22)7-6-10(15(2,3)21)24-14-13(20)12(19)11(18)9(8-17)23-14/h5,9-14,17-22H,1,6-8H2,2-4H3. The minimum absolute atomic E-state index is 0.220. The third-order valence-electron chi connectivity index (χ3n) is 4.29. The van der Waals surface area contributed by atoms with Crippen molar-refractivity contribution in [2.45, 2.75) is 81.6 Å². The molecule has 1 fully saturated rings. The fourth-order valence-electron chi connectivity index (χ4n) is 2.45. The molecule has 7 atom stereocenters. The maximum Gasteiger partial charge on any atom is 0.187 e. The average Bonchev–Trinajstić information content (AvgIpc) is 2.50. The number of hydrogen-bond donors (Lipinski definition) is 6. The molecule has 8 heteroatoms. The van der Waals surface area contributed by atoms with Crippen LogP contribution < -0.4 is 0 Å². The molecule has 7 unspecified atom stereocenters. The quantitative estimate of drug-likeness (QED) is 0.296. The molecule has 0 aromatic heterocycles. The highest BCUT2D eigenvalue weighted by atomic mass is 16.7. The van der Waals surface area contributed by atoms with Gasteiger partial charge in [-0.3, -0.25) is 0 Å². The van der Waals surface area contributed by atoms with Crippen LogP contribution in [0.15, 0.2) is 12.7 Å². The summed E-state index contributed by atoms with van der Waals surface area (Å²) in [6, 6.07) is 0. The Bertz CT molecular complexity index is 403. The number of aliphatic hydroxyl groups excluding tert-OH is 4. The van der Waals surface area contributed by atoms with E-state index < -0.39 is 54.6 Å². The molecule has 1 aliphatic heterocycles.